The summed E-state index contributed by atoms with van der Waals surface area (Å²) in [5, 5.41) is 4.89. The van der Waals surface area contributed by atoms with Crippen LogP contribution in [0.3, 0.4) is 0 Å². The van der Waals surface area contributed by atoms with Gasteiger partial charge in [-0.1, -0.05) is 48.5 Å². The molecule has 4 heteroatoms. The molecule has 3 rings (SSSR count). The van der Waals surface area contributed by atoms with Crippen molar-refractivity contribution in [2.24, 2.45) is 0 Å². The molecule has 0 fully saturated rings. The van der Waals surface area contributed by atoms with E-state index >= 15 is 0 Å². The Morgan fingerprint density at radius 2 is 1.63 bits per heavy atom. The van der Waals surface area contributed by atoms with Crippen LogP contribution >= 0.6 is 12.6 Å². The van der Waals surface area contributed by atoms with E-state index in [-0.39, 0.29) is 0 Å². The quantitative estimate of drug-likeness (QED) is 0.563. The SMILES string of the molecule is Sc1nc(NCc2ccccc2)nc2ccccc12. The van der Waals surface area contributed by atoms with Crippen LogP contribution in [-0.2, 0) is 6.54 Å². The summed E-state index contributed by atoms with van der Waals surface area (Å²) in [4.78, 5) is 8.84. The third-order valence-corrected chi connectivity index (χ3v) is 3.22. The third-order valence-electron chi connectivity index (χ3n) is 2.88. The van der Waals surface area contributed by atoms with Crippen LogP contribution in [-0.4, -0.2) is 9.97 Å². The molecule has 3 nitrogen and oxygen atoms in total. The van der Waals surface area contributed by atoms with Gasteiger partial charge in [0.15, 0.2) is 0 Å². The molecule has 0 aliphatic heterocycles. The molecule has 2 aromatic carbocycles. The van der Waals surface area contributed by atoms with Crippen LogP contribution in [0.2, 0.25) is 0 Å². The number of rotatable bonds is 3. The van der Waals surface area contributed by atoms with Gasteiger partial charge in [0.2, 0.25) is 5.95 Å². The normalized spacial score (nSPS) is 10.6. The molecule has 0 spiro atoms. The van der Waals surface area contributed by atoms with Crippen molar-refractivity contribution in [3.63, 3.8) is 0 Å². The Morgan fingerprint density at radius 3 is 2.47 bits per heavy atom. The molecular formula is C15H13N3S. The second-order valence-electron chi connectivity index (χ2n) is 4.23. The summed E-state index contributed by atoms with van der Waals surface area (Å²) < 4.78 is 0. The minimum atomic E-state index is 0.604. The van der Waals surface area contributed by atoms with E-state index in [0.717, 1.165) is 10.9 Å². The van der Waals surface area contributed by atoms with Crippen molar-refractivity contribution >= 4 is 29.5 Å². The van der Waals surface area contributed by atoms with E-state index in [1.54, 1.807) is 0 Å². The van der Waals surface area contributed by atoms with Gasteiger partial charge in [0.25, 0.3) is 0 Å². The maximum atomic E-state index is 4.48. The standard InChI is InChI=1S/C15H13N3S/c19-14-12-8-4-5-9-13(12)17-15(18-14)16-10-11-6-2-1-3-7-11/h1-9H,10H2,(H2,16,17,18,19). The van der Waals surface area contributed by atoms with Crippen LogP contribution in [0, 0.1) is 0 Å². The number of nitrogens with zero attached hydrogens (tertiary/aromatic N) is 2. The Kier molecular flexibility index (Phi) is 3.33. The van der Waals surface area contributed by atoms with Gasteiger partial charge in [-0.05, 0) is 11.6 Å². The highest BCUT2D eigenvalue weighted by molar-refractivity contribution is 7.80. The maximum absolute atomic E-state index is 4.48. The van der Waals surface area contributed by atoms with Gasteiger partial charge < -0.3 is 5.32 Å². The molecule has 0 amide bonds. The predicted octanol–water partition coefficient (Wildman–Crippen LogP) is 3.53. The summed E-state index contributed by atoms with van der Waals surface area (Å²) in [7, 11) is 0. The van der Waals surface area contributed by atoms with Gasteiger partial charge in [0.1, 0.15) is 5.03 Å². The number of aromatic nitrogens is 2. The molecule has 1 N–H and O–H groups in total. The minimum absolute atomic E-state index is 0.604. The highest BCUT2D eigenvalue weighted by atomic mass is 32.1. The van der Waals surface area contributed by atoms with Crippen LogP contribution in [0.15, 0.2) is 59.6 Å². The molecule has 19 heavy (non-hydrogen) atoms. The lowest BCUT2D eigenvalue weighted by Gasteiger charge is -2.07. The maximum Gasteiger partial charge on any atom is 0.224 e. The molecule has 1 aromatic heterocycles. The van der Waals surface area contributed by atoms with Crippen LogP contribution in [0.25, 0.3) is 10.9 Å². The lowest BCUT2D eigenvalue weighted by molar-refractivity contribution is 1.03. The average Bonchev–Trinajstić information content (AvgIpc) is 2.46. The van der Waals surface area contributed by atoms with Crippen LogP contribution in [0.1, 0.15) is 5.56 Å². The summed E-state index contributed by atoms with van der Waals surface area (Å²) in [5.74, 6) is 0.604. The van der Waals surface area contributed by atoms with Crippen molar-refractivity contribution < 1.29 is 0 Å². The zero-order valence-corrected chi connectivity index (χ0v) is 11.1. The summed E-state index contributed by atoms with van der Waals surface area (Å²) in [6.45, 7) is 0.701. The van der Waals surface area contributed by atoms with Crippen LogP contribution < -0.4 is 5.32 Å². The second kappa shape index (κ2) is 5.28. The molecular weight excluding hydrogens is 254 g/mol. The molecule has 94 valence electrons. The monoisotopic (exact) mass is 267 g/mol. The fourth-order valence-electron chi connectivity index (χ4n) is 1.92. The molecule has 0 bridgehead atoms. The number of fused-ring (bicyclic) bond motifs is 1. The Bertz CT molecular complexity index is 698. The van der Waals surface area contributed by atoms with Gasteiger partial charge in [-0.2, -0.15) is 0 Å². The number of hydrogen-bond donors (Lipinski definition) is 2. The molecule has 0 radical (unpaired) electrons. The molecule has 0 aliphatic carbocycles. The number of benzene rings is 2. The summed E-state index contributed by atoms with van der Waals surface area (Å²) in [5.41, 5.74) is 2.10. The number of nitrogens with one attached hydrogen (secondary N) is 1. The van der Waals surface area contributed by atoms with Crippen molar-refractivity contribution in [1.29, 1.82) is 0 Å². The molecule has 0 unspecified atom stereocenters. The molecule has 0 saturated heterocycles. The van der Waals surface area contributed by atoms with Crippen molar-refractivity contribution in [2.45, 2.75) is 11.6 Å². The fraction of sp³-hybridized carbons (Fsp3) is 0.0667. The Hall–Kier alpha value is -2.07. The molecule has 0 saturated carbocycles. The van der Waals surface area contributed by atoms with Crippen LogP contribution in [0.5, 0.6) is 0 Å². The third kappa shape index (κ3) is 2.69. The first-order chi connectivity index (χ1) is 9.33. The van der Waals surface area contributed by atoms with Gasteiger partial charge in [-0.3, -0.25) is 0 Å². The molecule has 0 atom stereocenters. The van der Waals surface area contributed by atoms with E-state index in [1.165, 1.54) is 5.56 Å². The lowest BCUT2D eigenvalue weighted by Crippen LogP contribution is -2.04. The van der Waals surface area contributed by atoms with Crippen molar-refractivity contribution in [3.05, 3.63) is 60.2 Å². The molecule has 0 aliphatic rings. The van der Waals surface area contributed by atoms with Crippen molar-refractivity contribution in [2.75, 3.05) is 5.32 Å². The number of para-hydroxylation sites is 1. The first kappa shape index (κ1) is 12.0. The van der Waals surface area contributed by atoms with Gasteiger partial charge in [0.05, 0.1) is 5.52 Å². The van der Waals surface area contributed by atoms with Gasteiger partial charge in [0, 0.05) is 11.9 Å². The molecule has 3 aromatic rings. The Labute approximate surface area is 117 Å². The van der Waals surface area contributed by atoms with Gasteiger partial charge >= 0.3 is 0 Å². The average molecular weight is 267 g/mol. The first-order valence-corrected chi connectivity index (χ1v) is 6.51. The van der Waals surface area contributed by atoms with Gasteiger partial charge in [-0.15, -0.1) is 12.6 Å². The summed E-state index contributed by atoms with van der Waals surface area (Å²) in [6, 6.07) is 18.0. The lowest BCUT2D eigenvalue weighted by atomic mass is 10.2. The van der Waals surface area contributed by atoms with Gasteiger partial charge in [-0.25, -0.2) is 9.97 Å². The highest BCUT2D eigenvalue weighted by Crippen LogP contribution is 2.20. The van der Waals surface area contributed by atoms with E-state index < -0.39 is 0 Å². The van der Waals surface area contributed by atoms with E-state index in [2.05, 4.69) is 40.0 Å². The van der Waals surface area contributed by atoms with E-state index in [4.69, 9.17) is 0 Å². The minimum Gasteiger partial charge on any atom is -0.350 e. The highest BCUT2D eigenvalue weighted by Gasteiger charge is 2.03. The number of hydrogen-bond acceptors (Lipinski definition) is 4. The van der Waals surface area contributed by atoms with Crippen molar-refractivity contribution in [1.82, 2.24) is 9.97 Å². The van der Waals surface area contributed by atoms with E-state index in [9.17, 15) is 0 Å². The Balaban J connectivity index is 1.85. The predicted molar refractivity (Wildman–Crippen MR) is 80.6 cm³/mol. The second-order valence-corrected chi connectivity index (χ2v) is 4.65. The first-order valence-electron chi connectivity index (χ1n) is 6.06. The largest absolute Gasteiger partial charge is 0.350 e. The fourth-order valence-corrected chi connectivity index (χ4v) is 2.20. The zero-order chi connectivity index (χ0) is 13.1. The van der Waals surface area contributed by atoms with Crippen LogP contribution in [0.4, 0.5) is 5.95 Å². The summed E-state index contributed by atoms with van der Waals surface area (Å²) >= 11 is 4.41. The topological polar surface area (TPSA) is 37.8 Å². The summed E-state index contributed by atoms with van der Waals surface area (Å²) in [6.07, 6.45) is 0. The number of anilines is 1. The number of thiol groups is 1. The van der Waals surface area contributed by atoms with E-state index in [1.807, 2.05) is 42.5 Å². The van der Waals surface area contributed by atoms with E-state index in [0.29, 0.717) is 17.5 Å². The Morgan fingerprint density at radius 1 is 0.895 bits per heavy atom. The zero-order valence-electron chi connectivity index (χ0n) is 10.2. The molecule has 1 heterocycles. The smallest absolute Gasteiger partial charge is 0.224 e. The van der Waals surface area contributed by atoms with Crippen molar-refractivity contribution in [3.8, 4) is 0 Å².